The van der Waals surface area contributed by atoms with Crippen molar-refractivity contribution in [2.45, 2.75) is 59.0 Å². The number of carbonyl (C=O) groups is 1. The number of hydrogen-bond donors (Lipinski definition) is 0. The van der Waals surface area contributed by atoms with E-state index < -0.39 is 0 Å². The molecule has 0 heterocycles. The van der Waals surface area contributed by atoms with Crippen LogP contribution in [-0.4, -0.2) is 12.1 Å². The standard InChI is InChI=1S/C11H22O2/c1-5-6-7-8-11(4,10(2)3)13-9-12/h9-10H,5-8H2,1-4H3. The van der Waals surface area contributed by atoms with Gasteiger partial charge in [-0.2, -0.15) is 0 Å². The van der Waals surface area contributed by atoms with Gasteiger partial charge in [-0.25, -0.2) is 0 Å². The Bertz CT molecular complexity index is 143. The quantitative estimate of drug-likeness (QED) is 0.451. The molecule has 0 N–H and O–H groups in total. The molecular formula is C11H22O2. The molecule has 0 aromatic rings. The van der Waals surface area contributed by atoms with E-state index >= 15 is 0 Å². The van der Waals surface area contributed by atoms with E-state index in [-0.39, 0.29) is 5.60 Å². The lowest BCUT2D eigenvalue weighted by Crippen LogP contribution is -2.34. The molecule has 78 valence electrons. The average Bonchev–Trinajstić information content (AvgIpc) is 2.05. The predicted molar refractivity (Wildman–Crippen MR) is 54.5 cm³/mol. The smallest absolute Gasteiger partial charge is 0.293 e. The summed E-state index contributed by atoms with van der Waals surface area (Å²) in [4.78, 5) is 10.3. The van der Waals surface area contributed by atoms with E-state index in [0.717, 1.165) is 12.8 Å². The largest absolute Gasteiger partial charge is 0.461 e. The minimum atomic E-state index is -0.267. The van der Waals surface area contributed by atoms with Gasteiger partial charge in [-0.05, 0) is 25.7 Å². The van der Waals surface area contributed by atoms with Gasteiger partial charge in [-0.15, -0.1) is 0 Å². The molecule has 2 heteroatoms. The Labute approximate surface area is 81.7 Å². The second-order valence-electron chi connectivity index (χ2n) is 4.14. The maximum absolute atomic E-state index is 10.3. The van der Waals surface area contributed by atoms with Crippen molar-refractivity contribution in [1.82, 2.24) is 0 Å². The molecule has 1 unspecified atom stereocenters. The first-order chi connectivity index (χ1) is 6.06. The number of ether oxygens (including phenoxy) is 1. The number of rotatable bonds is 7. The molecular weight excluding hydrogens is 164 g/mol. The molecule has 2 nitrogen and oxygen atoms in total. The maximum atomic E-state index is 10.3. The van der Waals surface area contributed by atoms with Crippen molar-refractivity contribution < 1.29 is 9.53 Å². The Morgan fingerprint density at radius 3 is 2.38 bits per heavy atom. The lowest BCUT2D eigenvalue weighted by Gasteiger charge is -2.31. The van der Waals surface area contributed by atoms with Gasteiger partial charge in [0.1, 0.15) is 5.60 Å². The van der Waals surface area contributed by atoms with E-state index in [1.54, 1.807) is 0 Å². The number of hydrogen-bond acceptors (Lipinski definition) is 2. The monoisotopic (exact) mass is 186 g/mol. The third-order valence-electron chi connectivity index (χ3n) is 2.82. The summed E-state index contributed by atoms with van der Waals surface area (Å²) in [6, 6.07) is 0. The molecule has 0 radical (unpaired) electrons. The molecule has 0 fully saturated rings. The lowest BCUT2D eigenvalue weighted by molar-refractivity contribution is -0.147. The normalized spacial score (nSPS) is 15.5. The molecule has 1 atom stereocenters. The summed E-state index contributed by atoms with van der Waals surface area (Å²) in [6.45, 7) is 8.95. The fourth-order valence-electron chi connectivity index (χ4n) is 1.32. The molecule has 0 rings (SSSR count). The van der Waals surface area contributed by atoms with Gasteiger partial charge >= 0.3 is 0 Å². The highest BCUT2D eigenvalue weighted by molar-refractivity contribution is 5.38. The fraction of sp³-hybridized carbons (Fsp3) is 0.909. The fourth-order valence-corrected chi connectivity index (χ4v) is 1.32. The lowest BCUT2D eigenvalue weighted by atomic mass is 9.87. The Morgan fingerprint density at radius 1 is 1.38 bits per heavy atom. The summed E-state index contributed by atoms with van der Waals surface area (Å²) in [6.07, 6.45) is 4.52. The molecule has 0 aliphatic heterocycles. The van der Waals surface area contributed by atoms with Crippen LogP contribution in [0.4, 0.5) is 0 Å². The van der Waals surface area contributed by atoms with Crippen LogP contribution in [0.25, 0.3) is 0 Å². The summed E-state index contributed by atoms with van der Waals surface area (Å²) < 4.78 is 5.16. The van der Waals surface area contributed by atoms with Gasteiger partial charge < -0.3 is 4.74 Å². The molecule has 0 aromatic heterocycles. The zero-order valence-electron chi connectivity index (χ0n) is 9.30. The van der Waals surface area contributed by atoms with Crippen molar-refractivity contribution in [2.24, 2.45) is 5.92 Å². The highest BCUT2D eigenvalue weighted by Gasteiger charge is 2.29. The minimum absolute atomic E-state index is 0.267. The first-order valence-corrected chi connectivity index (χ1v) is 5.18. The third kappa shape index (κ3) is 4.30. The van der Waals surface area contributed by atoms with Gasteiger partial charge in [0.05, 0.1) is 0 Å². The molecule has 0 spiro atoms. The van der Waals surface area contributed by atoms with Crippen LogP contribution in [0.1, 0.15) is 53.4 Å². The number of carbonyl (C=O) groups excluding carboxylic acids is 1. The highest BCUT2D eigenvalue weighted by atomic mass is 16.5. The Hall–Kier alpha value is -0.530. The topological polar surface area (TPSA) is 26.3 Å². The van der Waals surface area contributed by atoms with Crippen molar-refractivity contribution in [2.75, 3.05) is 0 Å². The molecule has 0 aliphatic carbocycles. The van der Waals surface area contributed by atoms with E-state index in [9.17, 15) is 4.79 Å². The van der Waals surface area contributed by atoms with E-state index in [4.69, 9.17) is 4.74 Å². The second-order valence-corrected chi connectivity index (χ2v) is 4.14. The van der Waals surface area contributed by atoms with Crippen molar-refractivity contribution in [3.05, 3.63) is 0 Å². The Morgan fingerprint density at radius 2 is 2.00 bits per heavy atom. The summed E-state index contributed by atoms with van der Waals surface area (Å²) in [5.41, 5.74) is -0.267. The van der Waals surface area contributed by atoms with Gasteiger partial charge in [-0.1, -0.05) is 33.6 Å². The molecule has 0 saturated carbocycles. The Kier molecular flexibility index (Phi) is 5.76. The molecule has 13 heavy (non-hydrogen) atoms. The average molecular weight is 186 g/mol. The zero-order valence-corrected chi connectivity index (χ0v) is 9.30. The highest BCUT2D eigenvalue weighted by Crippen LogP contribution is 2.26. The van der Waals surface area contributed by atoms with Crippen molar-refractivity contribution in [3.63, 3.8) is 0 Å². The molecule has 0 amide bonds. The zero-order chi connectivity index (χ0) is 10.3. The van der Waals surface area contributed by atoms with Gasteiger partial charge in [0.25, 0.3) is 6.47 Å². The molecule has 0 aromatic carbocycles. The first kappa shape index (κ1) is 12.5. The van der Waals surface area contributed by atoms with E-state index in [1.165, 1.54) is 12.8 Å². The molecule has 0 saturated heterocycles. The molecule has 0 bridgehead atoms. The van der Waals surface area contributed by atoms with Crippen LogP contribution in [0.5, 0.6) is 0 Å². The SMILES string of the molecule is CCCCCC(C)(OC=O)C(C)C. The van der Waals surface area contributed by atoms with Gasteiger partial charge in [0, 0.05) is 0 Å². The van der Waals surface area contributed by atoms with Gasteiger partial charge in [0.2, 0.25) is 0 Å². The third-order valence-corrected chi connectivity index (χ3v) is 2.82. The minimum Gasteiger partial charge on any atom is -0.461 e. The van der Waals surface area contributed by atoms with Crippen LogP contribution >= 0.6 is 0 Å². The van der Waals surface area contributed by atoms with E-state index in [0.29, 0.717) is 12.4 Å². The van der Waals surface area contributed by atoms with Crippen LogP contribution in [0.3, 0.4) is 0 Å². The first-order valence-electron chi connectivity index (χ1n) is 5.18. The van der Waals surface area contributed by atoms with E-state index in [2.05, 4.69) is 20.8 Å². The van der Waals surface area contributed by atoms with Crippen molar-refractivity contribution >= 4 is 6.47 Å². The van der Waals surface area contributed by atoms with Crippen LogP contribution in [-0.2, 0) is 9.53 Å². The summed E-state index contributed by atoms with van der Waals surface area (Å²) in [7, 11) is 0. The predicted octanol–water partition coefficient (Wildman–Crippen LogP) is 3.15. The van der Waals surface area contributed by atoms with Gasteiger partial charge in [-0.3, -0.25) is 4.79 Å². The van der Waals surface area contributed by atoms with Crippen LogP contribution < -0.4 is 0 Å². The van der Waals surface area contributed by atoms with E-state index in [1.807, 2.05) is 6.92 Å². The van der Waals surface area contributed by atoms with Crippen LogP contribution in [0.15, 0.2) is 0 Å². The Balaban J connectivity index is 3.99. The molecule has 0 aliphatic rings. The van der Waals surface area contributed by atoms with Gasteiger partial charge in [0.15, 0.2) is 0 Å². The summed E-state index contributed by atoms with van der Waals surface area (Å²) in [5, 5.41) is 0. The summed E-state index contributed by atoms with van der Waals surface area (Å²) >= 11 is 0. The van der Waals surface area contributed by atoms with Crippen LogP contribution in [0.2, 0.25) is 0 Å². The van der Waals surface area contributed by atoms with Crippen molar-refractivity contribution in [3.8, 4) is 0 Å². The van der Waals surface area contributed by atoms with Crippen molar-refractivity contribution in [1.29, 1.82) is 0 Å². The maximum Gasteiger partial charge on any atom is 0.293 e. The number of unbranched alkanes of at least 4 members (excludes halogenated alkanes) is 2. The second kappa shape index (κ2) is 6.01. The summed E-state index contributed by atoms with van der Waals surface area (Å²) in [5.74, 6) is 0.384. The van der Waals surface area contributed by atoms with Crippen LogP contribution in [0, 0.1) is 5.92 Å².